The molecule has 3 rings (SSSR count). The molecule has 2 aromatic carbocycles. The molecular weight excluding hydrogens is 284 g/mol. The number of hydrogen-bond acceptors (Lipinski definition) is 2. The van der Waals surface area contributed by atoms with Crippen LogP contribution in [0.5, 0.6) is 0 Å². The van der Waals surface area contributed by atoms with Crippen molar-refractivity contribution in [3.8, 4) is 0 Å². The second-order valence-corrected chi connectivity index (χ2v) is 6.61. The summed E-state index contributed by atoms with van der Waals surface area (Å²) in [6.07, 6.45) is 4.71. The predicted molar refractivity (Wildman–Crippen MR) is 94.5 cm³/mol. The number of anilines is 1. The van der Waals surface area contributed by atoms with E-state index >= 15 is 0 Å². The van der Waals surface area contributed by atoms with Gasteiger partial charge >= 0.3 is 0 Å². The number of nitrogen functional groups attached to an aromatic ring is 1. The highest BCUT2D eigenvalue weighted by Crippen LogP contribution is 2.40. The number of rotatable bonds is 4. The summed E-state index contributed by atoms with van der Waals surface area (Å²) in [7, 11) is 0. The number of carbonyl (C=O) groups excluding carboxylic acids is 1. The van der Waals surface area contributed by atoms with Crippen LogP contribution >= 0.6 is 0 Å². The average Bonchev–Trinajstić information content (AvgIpc) is 3.06. The van der Waals surface area contributed by atoms with Crippen molar-refractivity contribution in [2.45, 2.75) is 38.0 Å². The van der Waals surface area contributed by atoms with Gasteiger partial charge in [0.05, 0.1) is 0 Å². The second kappa shape index (κ2) is 6.45. The first-order valence-corrected chi connectivity index (χ1v) is 8.31. The van der Waals surface area contributed by atoms with Gasteiger partial charge in [0.1, 0.15) is 0 Å². The molecule has 3 nitrogen and oxygen atoms in total. The van der Waals surface area contributed by atoms with Gasteiger partial charge in [-0.1, -0.05) is 49.2 Å². The van der Waals surface area contributed by atoms with E-state index in [0.717, 1.165) is 18.4 Å². The SMILES string of the molecule is Cc1ccc(N)cc1C(=O)NCC1(c2ccccc2)CCCC1. The number of carbonyl (C=O) groups is 1. The fourth-order valence-electron chi connectivity index (χ4n) is 3.64. The van der Waals surface area contributed by atoms with Crippen LogP contribution in [-0.4, -0.2) is 12.5 Å². The molecule has 0 aliphatic heterocycles. The molecule has 0 saturated heterocycles. The zero-order valence-electron chi connectivity index (χ0n) is 13.6. The van der Waals surface area contributed by atoms with Crippen LogP contribution in [0.25, 0.3) is 0 Å². The van der Waals surface area contributed by atoms with Gasteiger partial charge in [0.15, 0.2) is 0 Å². The molecule has 1 fully saturated rings. The van der Waals surface area contributed by atoms with Gasteiger partial charge in [-0.05, 0) is 43.0 Å². The van der Waals surface area contributed by atoms with E-state index < -0.39 is 0 Å². The van der Waals surface area contributed by atoms with E-state index in [-0.39, 0.29) is 11.3 Å². The third kappa shape index (κ3) is 3.24. The van der Waals surface area contributed by atoms with Crippen LogP contribution in [0.2, 0.25) is 0 Å². The Labute approximate surface area is 137 Å². The number of hydrogen-bond donors (Lipinski definition) is 2. The standard InChI is InChI=1S/C20H24N2O/c1-15-9-10-17(21)13-18(15)19(23)22-14-20(11-5-6-12-20)16-7-3-2-4-8-16/h2-4,7-10,13H,5-6,11-12,14,21H2,1H3,(H,22,23). The Bertz CT molecular complexity index is 688. The Hall–Kier alpha value is -2.29. The first-order chi connectivity index (χ1) is 11.1. The van der Waals surface area contributed by atoms with Crippen molar-refractivity contribution in [1.29, 1.82) is 0 Å². The van der Waals surface area contributed by atoms with Gasteiger partial charge in [-0.15, -0.1) is 0 Å². The van der Waals surface area contributed by atoms with Crippen molar-refractivity contribution in [1.82, 2.24) is 5.32 Å². The van der Waals surface area contributed by atoms with Crippen LogP contribution in [0, 0.1) is 6.92 Å². The summed E-state index contributed by atoms with van der Waals surface area (Å²) in [5.74, 6) is -0.0305. The molecule has 0 atom stereocenters. The summed E-state index contributed by atoms with van der Waals surface area (Å²) in [5.41, 5.74) is 9.48. The molecule has 0 aromatic heterocycles. The van der Waals surface area contributed by atoms with E-state index in [1.165, 1.54) is 18.4 Å². The van der Waals surface area contributed by atoms with Crippen molar-refractivity contribution in [2.24, 2.45) is 0 Å². The highest BCUT2D eigenvalue weighted by molar-refractivity contribution is 5.96. The minimum absolute atomic E-state index is 0.0305. The van der Waals surface area contributed by atoms with Crippen LogP contribution < -0.4 is 11.1 Å². The van der Waals surface area contributed by atoms with Crippen LogP contribution in [0.4, 0.5) is 5.69 Å². The molecule has 3 N–H and O–H groups in total. The molecule has 1 saturated carbocycles. The van der Waals surface area contributed by atoms with Gasteiger partial charge in [0.2, 0.25) is 0 Å². The smallest absolute Gasteiger partial charge is 0.251 e. The monoisotopic (exact) mass is 308 g/mol. The lowest BCUT2D eigenvalue weighted by atomic mass is 9.79. The molecule has 0 heterocycles. The van der Waals surface area contributed by atoms with E-state index in [2.05, 4.69) is 29.6 Å². The zero-order valence-corrected chi connectivity index (χ0v) is 13.6. The third-order valence-corrected chi connectivity index (χ3v) is 5.04. The summed E-state index contributed by atoms with van der Waals surface area (Å²) in [6.45, 7) is 2.63. The molecule has 2 aromatic rings. The van der Waals surface area contributed by atoms with Crippen molar-refractivity contribution in [3.05, 3.63) is 65.2 Å². The van der Waals surface area contributed by atoms with Gasteiger partial charge < -0.3 is 11.1 Å². The molecule has 1 aliphatic carbocycles. The zero-order chi connectivity index (χ0) is 16.3. The maximum Gasteiger partial charge on any atom is 0.251 e. The fourth-order valence-corrected chi connectivity index (χ4v) is 3.64. The molecule has 1 amide bonds. The Morgan fingerprint density at radius 2 is 1.83 bits per heavy atom. The molecule has 3 heteroatoms. The topological polar surface area (TPSA) is 55.1 Å². The maximum atomic E-state index is 12.6. The second-order valence-electron chi connectivity index (χ2n) is 6.61. The van der Waals surface area contributed by atoms with Gasteiger partial charge in [0, 0.05) is 23.2 Å². The van der Waals surface area contributed by atoms with Crippen LogP contribution in [0.15, 0.2) is 48.5 Å². The van der Waals surface area contributed by atoms with Gasteiger partial charge in [-0.3, -0.25) is 4.79 Å². The molecule has 0 bridgehead atoms. The van der Waals surface area contributed by atoms with E-state index in [4.69, 9.17) is 5.73 Å². The Kier molecular flexibility index (Phi) is 4.37. The Morgan fingerprint density at radius 1 is 1.13 bits per heavy atom. The number of nitrogens with one attached hydrogen (secondary N) is 1. The molecule has 120 valence electrons. The van der Waals surface area contributed by atoms with E-state index in [1.807, 2.05) is 25.1 Å². The minimum Gasteiger partial charge on any atom is -0.399 e. The van der Waals surface area contributed by atoms with E-state index in [0.29, 0.717) is 17.8 Å². The first kappa shape index (κ1) is 15.6. The number of nitrogens with two attached hydrogens (primary N) is 1. The average molecular weight is 308 g/mol. The van der Waals surface area contributed by atoms with Gasteiger partial charge in [-0.25, -0.2) is 0 Å². The Balaban J connectivity index is 1.77. The van der Waals surface area contributed by atoms with Gasteiger partial charge in [-0.2, -0.15) is 0 Å². The summed E-state index contributed by atoms with van der Waals surface area (Å²) < 4.78 is 0. The molecule has 0 radical (unpaired) electrons. The van der Waals surface area contributed by atoms with Crippen LogP contribution in [-0.2, 0) is 5.41 Å². The van der Waals surface area contributed by atoms with Gasteiger partial charge in [0.25, 0.3) is 5.91 Å². The van der Waals surface area contributed by atoms with Crippen molar-refractivity contribution >= 4 is 11.6 Å². The van der Waals surface area contributed by atoms with E-state index in [1.54, 1.807) is 6.07 Å². The summed E-state index contributed by atoms with van der Waals surface area (Å²) in [5, 5.41) is 3.15. The lowest BCUT2D eigenvalue weighted by Crippen LogP contribution is -2.39. The van der Waals surface area contributed by atoms with Crippen LogP contribution in [0.1, 0.15) is 47.2 Å². The summed E-state index contributed by atoms with van der Waals surface area (Å²) >= 11 is 0. The third-order valence-electron chi connectivity index (χ3n) is 5.04. The van der Waals surface area contributed by atoms with Crippen molar-refractivity contribution < 1.29 is 4.79 Å². The normalized spacial score (nSPS) is 16.2. The first-order valence-electron chi connectivity index (χ1n) is 8.31. The highest BCUT2D eigenvalue weighted by atomic mass is 16.1. The molecule has 0 unspecified atom stereocenters. The van der Waals surface area contributed by atoms with Crippen molar-refractivity contribution in [2.75, 3.05) is 12.3 Å². The number of benzene rings is 2. The summed E-state index contributed by atoms with van der Waals surface area (Å²) in [6, 6.07) is 16.1. The quantitative estimate of drug-likeness (QED) is 0.844. The maximum absolute atomic E-state index is 12.6. The van der Waals surface area contributed by atoms with Crippen LogP contribution in [0.3, 0.4) is 0 Å². The highest BCUT2D eigenvalue weighted by Gasteiger charge is 2.35. The van der Waals surface area contributed by atoms with E-state index in [9.17, 15) is 4.79 Å². The molecular formula is C20H24N2O. The lowest BCUT2D eigenvalue weighted by molar-refractivity contribution is 0.0942. The number of amides is 1. The van der Waals surface area contributed by atoms with Crippen molar-refractivity contribution in [3.63, 3.8) is 0 Å². The largest absolute Gasteiger partial charge is 0.399 e. The lowest BCUT2D eigenvalue weighted by Gasteiger charge is -2.30. The minimum atomic E-state index is -0.0305. The number of aryl methyl sites for hydroxylation is 1. The fraction of sp³-hybridized carbons (Fsp3) is 0.350. The summed E-state index contributed by atoms with van der Waals surface area (Å²) in [4.78, 5) is 12.6. The molecule has 1 aliphatic rings. The molecule has 0 spiro atoms. The Morgan fingerprint density at radius 3 is 2.52 bits per heavy atom. The predicted octanol–water partition coefficient (Wildman–Crippen LogP) is 3.82. The molecule has 23 heavy (non-hydrogen) atoms.